The predicted molar refractivity (Wildman–Crippen MR) is 176 cm³/mol. The van der Waals surface area contributed by atoms with E-state index in [-0.39, 0.29) is 22.3 Å². The van der Waals surface area contributed by atoms with Gasteiger partial charge < -0.3 is 5.11 Å². The second-order valence-corrected chi connectivity index (χ2v) is 14.7. The molecule has 7 nitrogen and oxygen atoms in total. The van der Waals surface area contributed by atoms with Crippen LogP contribution in [0.5, 0.6) is 0 Å². The highest BCUT2D eigenvalue weighted by atomic mass is 35.5. The van der Waals surface area contributed by atoms with Gasteiger partial charge in [0, 0.05) is 40.4 Å². The molecular weight excluding hydrogens is 629 g/mol. The minimum Gasteiger partial charge on any atom is -0.478 e. The zero-order chi connectivity index (χ0) is 31.3. The quantitative estimate of drug-likeness (QED) is 0.170. The Hall–Kier alpha value is -3.69. The van der Waals surface area contributed by atoms with Gasteiger partial charge in [0.2, 0.25) is 10.0 Å². The molecule has 0 atom stereocenters. The van der Waals surface area contributed by atoms with Crippen molar-refractivity contribution in [1.82, 2.24) is 14.1 Å². The van der Waals surface area contributed by atoms with E-state index in [9.17, 15) is 18.3 Å². The van der Waals surface area contributed by atoms with E-state index in [0.29, 0.717) is 42.0 Å². The van der Waals surface area contributed by atoms with Gasteiger partial charge in [0.05, 0.1) is 27.7 Å². The topological polar surface area (TPSA) is 92.5 Å². The molecule has 1 aliphatic carbocycles. The zero-order valence-electron chi connectivity index (χ0n) is 24.3. The number of aromatic carboxylic acids is 1. The Labute approximate surface area is 272 Å². The van der Waals surface area contributed by atoms with E-state index in [2.05, 4.69) is 47.1 Å². The molecule has 5 aromatic rings. The van der Waals surface area contributed by atoms with Crippen LogP contribution in [0.2, 0.25) is 10.0 Å². The maximum absolute atomic E-state index is 13.4. The lowest BCUT2D eigenvalue weighted by Gasteiger charge is -2.30. The molecule has 1 aliphatic heterocycles. The van der Waals surface area contributed by atoms with Gasteiger partial charge in [-0.05, 0) is 103 Å². The average molecular weight is 661 g/mol. The summed E-state index contributed by atoms with van der Waals surface area (Å²) in [6, 6.07) is 28.3. The van der Waals surface area contributed by atoms with Crippen molar-refractivity contribution in [3.63, 3.8) is 0 Å². The summed E-state index contributed by atoms with van der Waals surface area (Å²) in [5.41, 5.74) is 5.55. The molecule has 7 rings (SSSR count). The van der Waals surface area contributed by atoms with Gasteiger partial charge in [0.25, 0.3) is 0 Å². The summed E-state index contributed by atoms with van der Waals surface area (Å²) in [7, 11) is -3.74. The zero-order valence-corrected chi connectivity index (χ0v) is 26.6. The van der Waals surface area contributed by atoms with Crippen LogP contribution in [0.25, 0.3) is 10.9 Å². The van der Waals surface area contributed by atoms with E-state index >= 15 is 0 Å². The largest absolute Gasteiger partial charge is 0.478 e. The Kier molecular flexibility index (Phi) is 7.94. The van der Waals surface area contributed by atoms with Crippen LogP contribution in [-0.4, -0.2) is 46.7 Å². The first-order valence-electron chi connectivity index (χ1n) is 15.1. The number of hydrogen-bond acceptors (Lipinski definition) is 4. The second-order valence-electron chi connectivity index (χ2n) is 11.9. The second kappa shape index (κ2) is 11.9. The summed E-state index contributed by atoms with van der Waals surface area (Å²) < 4.78 is 30.5. The van der Waals surface area contributed by atoms with Gasteiger partial charge in [-0.1, -0.05) is 53.5 Å². The normalized spacial score (nSPS) is 16.4. The van der Waals surface area contributed by atoms with Crippen molar-refractivity contribution < 1.29 is 18.3 Å². The minimum absolute atomic E-state index is 0.0411. The Bertz CT molecular complexity index is 1930. The molecular formula is C35H31Cl2N3O4S. The summed E-state index contributed by atoms with van der Waals surface area (Å²) in [4.78, 5) is 11.3. The fourth-order valence-corrected chi connectivity index (χ4v) is 8.16. The van der Waals surface area contributed by atoms with Crippen molar-refractivity contribution in [1.29, 1.82) is 0 Å². The molecule has 10 heteroatoms. The van der Waals surface area contributed by atoms with Crippen molar-refractivity contribution in [3.8, 4) is 0 Å². The molecule has 2 fully saturated rings. The molecule has 0 amide bonds. The van der Waals surface area contributed by atoms with Gasteiger partial charge in [-0.2, -0.15) is 9.40 Å². The van der Waals surface area contributed by atoms with E-state index in [0.717, 1.165) is 46.1 Å². The molecule has 1 aromatic heterocycles. The van der Waals surface area contributed by atoms with Crippen LogP contribution in [0.15, 0.2) is 95.9 Å². The molecule has 230 valence electrons. The predicted octanol–water partition coefficient (Wildman–Crippen LogP) is 8.12. The molecule has 0 bridgehead atoms. The van der Waals surface area contributed by atoms with Crippen LogP contribution in [-0.2, 0) is 10.0 Å². The van der Waals surface area contributed by atoms with E-state index in [1.807, 2.05) is 24.3 Å². The lowest BCUT2D eigenvalue weighted by Crippen LogP contribution is -2.38. The van der Waals surface area contributed by atoms with E-state index in [1.165, 1.54) is 28.6 Å². The van der Waals surface area contributed by atoms with E-state index in [4.69, 9.17) is 28.3 Å². The maximum Gasteiger partial charge on any atom is 0.335 e. The summed E-state index contributed by atoms with van der Waals surface area (Å²) in [6.07, 6.45) is 3.50. The van der Waals surface area contributed by atoms with Crippen molar-refractivity contribution >= 4 is 50.1 Å². The number of nitrogens with zero attached hydrogens (tertiary/aromatic N) is 3. The highest BCUT2D eigenvalue weighted by molar-refractivity contribution is 7.89. The first-order chi connectivity index (χ1) is 21.7. The molecule has 1 N–H and O–H groups in total. The molecule has 0 unspecified atom stereocenters. The standard InChI is InChI=1S/C35H31Cl2N3O4S/c36-27-8-1-22(2-9-27)33(23-3-10-28(37)11-4-23)26-7-16-32-31(21-26)34(38-40(32)29-12-13-29)24-17-19-39(20-18-24)45(43,44)30-14-5-25(6-15-30)35(41)42/h1-11,14-16,21,24,29,33H,12-13,17-20H2,(H,41,42). The number of sulfonamides is 1. The van der Waals surface area contributed by atoms with Crippen LogP contribution in [0, 0.1) is 0 Å². The van der Waals surface area contributed by atoms with Gasteiger partial charge in [0.1, 0.15) is 0 Å². The molecule has 2 aliphatic rings. The number of benzene rings is 4. The van der Waals surface area contributed by atoms with Crippen LogP contribution >= 0.6 is 23.2 Å². The van der Waals surface area contributed by atoms with Gasteiger partial charge >= 0.3 is 5.97 Å². The SMILES string of the molecule is O=C(O)c1ccc(S(=O)(=O)N2CCC(c3nn(C4CC4)c4ccc(C(c5ccc(Cl)cc5)c5ccc(Cl)cc5)cc34)CC2)cc1. The third-order valence-corrected chi connectivity index (χ3v) is 11.4. The fraction of sp³-hybridized carbons (Fsp3) is 0.257. The third kappa shape index (κ3) is 5.88. The van der Waals surface area contributed by atoms with Crippen molar-refractivity contribution in [2.24, 2.45) is 0 Å². The summed E-state index contributed by atoms with van der Waals surface area (Å²) >= 11 is 12.5. The molecule has 0 spiro atoms. The Morgan fingerprint density at radius 1 is 0.778 bits per heavy atom. The average Bonchev–Trinajstić information content (AvgIpc) is 3.83. The van der Waals surface area contributed by atoms with Crippen molar-refractivity contribution in [3.05, 3.63) is 129 Å². The van der Waals surface area contributed by atoms with Gasteiger partial charge in [-0.25, -0.2) is 13.2 Å². The molecule has 45 heavy (non-hydrogen) atoms. The fourth-order valence-electron chi connectivity index (χ4n) is 6.44. The van der Waals surface area contributed by atoms with E-state index < -0.39 is 16.0 Å². The number of carbonyl (C=O) groups is 1. The van der Waals surface area contributed by atoms with Crippen LogP contribution in [0.3, 0.4) is 0 Å². The number of fused-ring (bicyclic) bond motifs is 1. The highest BCUT2D eigenvalue weighted by Crippen LogP contribution is 2.43. The molecule has 2 heterocycles. The Morgan fingerprint density at radius 3 is 1.87 bits per heavy atom. The molecule has 0 radical (unpaired) electrons. The highest BCUT2D eigenvalue weighted by Gasteiger charge is 2.34. The van der Waals surface area contributed by atoms with Gasteiger partial charge in [-0.3, -0.25) is 4.68 Å². The van der Waals surface area contributed by atoms with Gasteiger partial charge in [-0.15, -0.1) is 0 Å². The number of piperidine rings is 1. The van der Waals surface area contributed by atoms with Crippen LogP contribution < -0.4 is 0 Å². The summed E-state index contributed by atoms with van der Waals surface area (Å²) in [6.45, 7) is 0.729. The van der Waals surface area contributed by atoms with Crippen molar-refractivity contribution in [2.75, 3.05) is 13.1 Å². The lowest BCUT2D eigenvalue weighted by atomic mass is 9.84. The number of aromatic nitrogens is 2. The molecule has 1 saturated carbocycles. The first-order valence-corrected chi connectivity index (χ1v) is 17.2. The van der Waals surface area contributed by atoms with Gasteiger partial charge in [0.15, 0.2) is 0 Å². The number of carboxylic acid groups (broad SMARTS) is 1. The first kappa shape index (κ1) is 30.0. The van der Waals surface area contributed by atoms with Crippen LogP contribution in [0.4, 0.5) is 0 Å². The third-order valence-electron chi connectivity index (χ3n) is 8.97. The molecule has 4 aromatic carbocycles. The number of hydrogen-bond donors (Lipinski definition) is 1. The van der Waals surface area contributed by atoms with Crippen molar-refractivity contribution in [2.45, 2.75) is 48.5 Å². The lowest BCUT2D eigenvalue weighted by molar-refractivity contribution is 0.0696. The maximum atomic E-state index is 13.4. The Morgan fingerprint density at radius 2 is 1.33 bits per heavy atom. The van der Waals surface area contributed by atoms with Crippen LogP contribution in [0.1, 0.15) is 76.3 Å². The number of rotatable bonds is 8. The number of carboxylic acids is 1. The monoisotopic (exact) mass is 659 g/mol. The Balaban J connectivity index is 1.22. The van der Waals surface area contributed by atoms with E-state index in [1.54, 1.807) is 0 Å². The smallest absolute Gasteiger partial charge is 0.335 e. The summed E-state index contributed by atoms with van der Waals surface area (Å²) in [5, 5.41) is 16.8. The summed E-state index contributed by atoms with van der Waals surface area (Å²) in [5.74, 6) is -1.03. The number of halogens is 2. The molecule has 1 saturated heterocycles. The minimum atomic E-state index is -3.74.